The predicted molar refractivity (Wildman–Crippen MR) is 112 cm³/mol. The molecule has 0 spiro atoms. The van der Waals surface area contributed by atoms with Crippen LogP contribution in [-0.2, 0) is 0 Å². The molecule has 0 aliphatic carbocycles. The van der Waals surface area contributed by atoms with E-state index in [1.165, 1.54) is 77.0 Å². The zero-order valence-corrected chi connectivity index (χ0v) is 17.6. The van der Waals surface area contributed by atoms with Gasteiger partial charge in [-0.2, -0.15) is 0 Å². The van der Waals surface area contributed by atoms with Gasteiger partial charge < -0.3 is 15.7 Å². The fraction of sp³-hybridized carbons (Fsp3) is 1.00. The number of unbranched alkanes of at least 4 members (excludes halogenated alkanes) is 11. The Morgan fingerprint density at radius 1 is 0.800 bits per heavy atom. The fourth-order valence-corrected chi connectivity index (χ4v) is 3.45. The van der Waals surface area contributed by atoms with Gasteiger partial charge >= 0.3 is 0 Å². The third kappa shape index (κ3) is 17.1. The molecule has 2 unspecified atom stereocenters. The Morgan fingerprint density at radius 3 is 1.76 bits per heavy atom. The molecule has 0 aromatic heterocycles. The monoisotopic (exact) mass is 356 g/mol. The highest BCUT2D eigenvalue weighted by Gasteiger charge is 2.15. The molecule has 0 amide bonds. The highest BCUT2D eigenvalue weighted by atomic mass is 16.3. The Bertz CT molecular complexity index is 260. The Kier molecular flexibility index (Phi) is 18.6. The lowest BCUT2D eigenvalue weighted by Crippen LogP contribution is -2.34. The van der Waals surface area contributed by atoms with Crippen molar-refractivity contribution < 1.29 is 5.11 Å². The van der Waals surface area contributed by atoms with E-state index < -0.39 is 0 Å². The average molecular weight is 357 g/mol. The first kappa shape index (κ1) is 24.9. The van der Waals surface area contributed by atoms with Crippen molar-refractivity contribution in [1.82, 2.24) is 4.90 Å². The van der Waals surface area contributed by atoms with Crippen molar-refractivity contribution in [2.24, 2.45) is 11.7 Å². The van der Waals surface area contributed by atoms with Gasteiger partial charge in [0.15, 0.2) is 0 Å². The van der Waals surface area contributed by atoms with E-state index in [1.807, 2.05) is 0 Å². The summed E-state index contributed by atoms with van der Waals surface area (Å²) in [6, 6.07) is 0. The number of aliphatic hydroxyl groups excluding tert-OH is 1. The normalized spacial score (nSPS) is 14.2. The predicted octanol–water partition coefficient (Wildman–Crippen LogP) is 5.36. The molecule has 0 saturated carbocycles. The number of rotatable bonds is 19. The summed E-state index contributed by atoms with van der Waals surface area (Å²) in [5.41, 5.74) is 5.54. The second-order valence-electron chi connectivity index (χ2n) is 8.13. The molecule has 0 heterocycles. The first-order chi connectivity index (χ1) is 12.1. The van der Waals surface area contributed by atoms with Gasteiger partial charge in [0.2, 0.25) is 0 Å². The van der Waals surface area contributed by atoms with Crippen LogP contribution in [0.25, 0.3) is 0 Å². The highest BCUT2D eigenvalue weighted by Crippen LogP contribution is 2.16. The van der Waals surface area contributed by atoms with E-state index in [-0.39, 0.29) is 6.10 Å². The second-order valence-corrected chi connectivity index (χ2v) is 8.13. The van der Waals surface area contributed by atoms with Crippen molar-refractivity contribution in [2.75, 3.05) is 26.7 Å². The molecular weight excluding hydrogens is 308 g/mol. The standard InChI is InChI=1S/C22H48N2O/c1-4-5-6-7-8-9-10-11-12-13-14-15-17-21(2)22(25)20-24(3)19-16-18-23/h21-22,25H,4-20,23H2,1-3H3. The van der Waals surface area contributed by atoms with Crippen LogP contribution in [0.3, 0.4) is 0 Å². The van der Waals surface area contributed by atoms with E-state index >= 15 is 0 Å². The minimum Gasteiger partial charge on any atom is -0.392 e. The SMILES string of the molecule is CCCCCCCCCCCCCCC(C)C(O)CN(C)CCCN. The molecule has 152 valence electrons. The Morgan fingerprint density at radius 2 is 1.28 bits per heavy atom. The molecule has 25 heavy (non-hydrogen) atoms. The fourth-order valence-electron chi connectivity index (χ4n) is 3.45. The number of nitrogens with zero attached hydrogens (tertiary/aromatic N) is 1. The lowest BCUT2D eigenvalue weighted by Gasteiger charge is -2.24. The van der Waals surface area contributed by atoms with Crippen LogP contribution in [0.1, 0.15) is 104 Å². The maximum atomic E-state index is 10.3. The molecule has 0 fully saturated rings. The zero-order chi connectivity index (χ0) is 18.8. The van der Waals surface area contributed by atoms with Crippen molar-refractivity contribution in [2.45, 2.75) is 110 Å². The minimum absolute atomic E-state index is 0.199. The topological polar surface area (TPSA) is 49.5 Å². The van der Waals surface area contributed by atoms with Crippen molar-refractivity contribution >= 4 is 0 Å². The quantitative estimate of drug-likeness (QED) is 0.306. The molecule has 0 radical (unpaired) electrons. The number of aliphatic hydroxyl groups is 1. The smallest absolute Gasteiger partial charge is 0.0692 e. The van der Waals surface area contributed by atoms with Gasteiger partial charge in [-0.1, -0.05) is 90.9 Å². The summed E-state index contributed by atoms with van der Waals surface area (Å²) in [6.45, 7) is 6.97. The molecule has 0 aliphatic heterocycles. The van der Waals surface area contributed by atoms with Gasteiger partial charge in [-0.15, -0.1) is 0 Å². The summed E-state index contributed by atoms with van der Waals surface area (Å²) in [5, 5.41) is 10.3. The average Bonchev–Trinajstić information content (AvgIpc) is 2.60. The third-order valence-electron chi connectivity index (χ3n) is 5.41. The van der Waals surface area contributed by atoms with E-state index in [0.29, 0.717) is 5.92 Å². The van der Waals surface area contributed by atoms with Gasteiger partial charge in [0.25, 0.3) is 0 Å². The van der Waals surface area contributed by atoms with E-state index in [2.05, 4.69) is 25.8 Å². The molecule has 0 saturated heterocycles. The van der Waals surface area contributed by atoms with Gasteiger partial charge in [-0.25, -0.2) is 0 Å². The molecule has 3 heteroatoms. The number of likely N-dealkylation sites (N-methyl/N-ethyl adjacent to an activating group) is 1. The van der Waals surface area contributed by atoms with Gasteiger partial charge in [0.1, 0.15) is 0 Å². The highest BCUT2D eigenvalue weighted by molar-refractivity contribution is 4.68. The van der Waals surface area contributed by atoms with Crippen molar-refractivity contribution in [3.05, 3.63) is 0 Å². The van der Waals surface area contributed by atoms with Crippen LogP contribution in [0.4, 0.5) is 0 Å². The number of hydrogen-bond acceptors (Lipinski definition) is 3. The van der Waals surface area contributed by atoms with Crippen molar-refractivity contribution in [1.29, 1.82) is 0 Å². The first-order valence-corrected chi connectivity index (χ1v) is 11.2. The molecule has 0 aromatic rings. The van der Waals surface area contributed by atoms with E-state index in [9.17, 15) is 5.11 Å². The summed E-state index contributed by atoms with van der Waals surface area (Å²) >= 11 is 0. The van der Waals surface area contributed by atoms with Crippen molar-refractivity contribution in [3.8, 4) is 0 Å². The lowest BCUT2D eigenvalue weighted by atomic mass is 9.96. The first-order valence-electron chi connectivity index (χ1n) is 11.2. The van der Waals surface area contributed by atoms with Crippen LogP contribution in [0.5, 0.6) is 0 Å². The summed E-state index contributed by atoms with van der Waals surface area (Å²) in [4.78, 5) is 2.20. The third-order valence-corrected chi connectivity index (χ3v) is 5.41. The van der Waals surface area contributed by atoms with E-state index in [4.69, 9.17) is 5.73 Å². The Balaban J connectivity index is 3.37. The van der Waals surface area contributed by atoms with Crippen LogP contribution in [-0.4, -0.2) is 42.8 Å². The minimum atomic E-state index is -0.199. The maximum Gasteiger partial charge on any atom is 0.0692 e. The molecular formula is C22H48N2O. The summed E-state index contributed by atoms with van der Waals surface area (Å²) in [7, 11) is 2.08. The molecule has 0 rings (SSSR count). The van der Waals surface area contributed by atoms with Gasteiger partial charge in [-0.05, 0) is 38.9 Å². The largest absolute Gasteiger partial charge is 0.392 e. The Hall–Kier alpha value is -0.120. The maximum absolute atomic E-state index is 10.3. The molecule has 0 aromatic carbocycles. The van der Waals surface area contributed by atoms with E-state index in [0.717, 1.165) is 32.5 Å². The summed E-state index contributed by atoms with van der Waals surface area (Å²) in [6.07, 6.45) is 18.7. The zero-order valence-electron chi connectivity index (χ0n) is 17.6. The number of nitrogens with two attached hydrogens (primary N) is 1. The second kappa shape index (κ2) is 18.7. The molecule has 0 aliphatic rings. The summed E-state index contributed by atoms with van der Waals surface area (Å²) < 4.78 is 0. The van der Waals surface area contributed by atoms with Crippen molar-refractivity contribution in [3.63, 3.8) is 0 Å². The molecule has 2 atom stereocenters. The van der Waals surface area contributed by atoms with Gasteiger partial charge in [-0.3, -0.25) is 0 Å². The van der Waals surface area contributed by atoms with Gasteiger partial charge in [0.05, 0.1) is 6.10 Å². The molecule has 0 bridgehead atoms. The van der Waals surface area contributed by atoms with Crippen LogP contribution in [0.2, 0.25) is 0 Å². The van der Waals surface area contributed by atoms with Crippen LogP contribution in [0, 0.1) is 5.92 Å². The molecule has 3 N–H and O–H groups in total. The number of hydrogen-bond donors (Lipinski definition) is 2. The lowest BCUT2D eigenvalue weighted by molar-refractivity contribution is 0.0744. The van der Waals surface area contributed by atoms with Crippen LogP contribution in [0.15, 0.2) is 0 Å². The summed E-state index contributed by atoms with van der Waals surface area (Å²) in [5.74, 6) is 0.406. The van der Waals surface area contributed by atoms with Gasteiger partial charge in [0, 0.05) is 6.54 Å². The van der Waals surface area contributed by atoms with E-state index in [1.54, 1.807) is 0 Å². The van der Waals surface area contributed by atoms with Crippen LogP contribution >= 0.6 is 0 Å². The Labute approximate surface area is 158 Å². The molecule has 3 nitrogen and oxygen atoms in total. The van der Waals surface area contributed by atoms with Crippen LogP contribution < -0.4 is 5.73 Å².